The molecule has 6 heteroatoms. The van der Waals surface area contributed by atoms with Gasteiger partial charge in [-0.25, -0.2) is 9.78 Å². The highest BCUT2D eigenvalue weighted by Gasteiger charge is 2.23. The Hall–Kier alpha value is -3.41. The molecular formula is C22H22N2O4. The fourth-order valence-electron chi connectivity index (χ4n) is 2.66. The predicted molar refractivity (Wildman–Crippen MR) is 106 cm³/mol. The number of esters is 1. The van der Waals surface area contributed by atoms with Crippen LogP contribution in [-0.4, -0.2) is 29.0 Å². The Labute approximate surface area is 163 Å². The second-order valence-corrected chi connectivity index (χ2v) is 6.65. The smallest absolute Gasteiger partial charge is 0.339 e. The SMILES string of the molecule is CC(C)NC(=O)[C@@H](C)OC(=O)c1ccccc1-c1ncc(-c2ccccc2)o1. The number of nitrogens with one attached hydrogen (secondary N) is 1. The Morgan fingerprint density at radius 1 is 1.00 bits per heavy atom. The van der Waals surface area contributed by atoms with Crippen LogP contribution >= 0.6 is 0 Å². The lowest BCUT2D eigenvalue weighted by Crippen LogP contribution is -2.39. The van der Waals surface area contributed by atoms with Crippen molar-refractivity contribution in [1.29, 1.82) is 0 Å². The Morgan fingerprint density at radius 2 is 1.68 bits per heavy atom. The summed E-state index contributed by atoms with van der Waals surface area (Å²) in [6.45, 7) is 5.22. The molecule has 0 aliphatic heterocycles. The first-order valence-electron chi connectivity index (χ1n) is 9.07. The molecule has 28 heavy (non-hydrogen) atoms. The van der Waals surface area contributed by atoms with Crippen molar-refractivity contribution in [1.82, 2.24) is 10.3 Å². The van der Waals surface area contributed by atoms with Crippen molar-refractivity contribution < 1.29 is 18.7 Å². The second-order valence-electron chi connectivity index (χ2n) is 6.65. The third kappa shape index (κ3) is 4.46. The molecule has 144 valence electrons. The molecule has 1 aromatic heterocycles. The molecule has 1 N–H and O–H groups in total. The molecule has 0 aliphatic rings. The minimum absolute atomic E-state index is 0.0373. The molecule has 0 bridgehead atoms. The zero-order chi connectivity index (χ0) is 20.1. The van der Waals surface area contributed by atoms with Crippen LogP contribution in [0.5, 0.6) is 0 Å². The molecular weight excluding hydrogens is 356 g/mol. The fourth-order valence-corrected chi connectivity index (χ4v) is 2.66. The van der Waals surface area contributed by atoms with E-state index in [1.165, 1.54) is 6.92 Å². The summed E-state index contributed by atoms with van der Waals surface area (Å²) in [4.78, 5) is 29.0. The zero-order valence-electron chi connectivity index (χ0n) is 16.0. The monoisotopic (exact) mass is 378 g/mol. The van der Waals surface area contributed by atoms with Crippen LogP contribution in [0.1, 0.15) is 31.1 Å². The number of amides is 1. The quantitative estimate of drug-likeness (QED) is 0.654. The van der Waals surface area contributed by atoms with Crippen molar-refractivity contribution in [3.63, 3.8) is 0 Å². The third-order valence-electron chi connectivity index (χ3n) is 4.03. The van der Waals surface area contributed by atoms with Crippen LogP contribution in [0.25, 0.3) is 22.8 Å². The topological polar surface area (TPSA) is 81.4 Å². The van der Waals surface area contributed by atoms with E-state index in [9.17, 15) is 9.59 Å². The number of benzene rings is 2. The molecule has 0 spiro atoms. The van der Waals surface area contributed by atoms with E-state index in [1.807, 2.05) is 44.2 Å². The average Bonchev–Trinajstić information content (AvgIpc) is 3.18. The van der Waals surface area contributed by atoms with Gasteiger partial charge in [0.15, 0.2) is 11.9 Å². The van der Waals surface area contributed by atoms with Gasteiger partial charge in [-0.1, -0.05) is 42.5 Å². The molecule has 0 aliphatic carbocycles. The summed E-state index contributed by atoms with van der Waals surface area (Å²) in [7, 11) is 0. The van der Waals surface area contributed by atoms with Crippen LogP contribution in [-0.2, 0) is 9.53 Å². The molecule has 1 amide bonds. The number of rotatable bonds is 6. The molecule has 0 saturated heterocycles. The Bertz CT molecular complexity index is 963. The van der Waals surface area contributed by atoms with Gasteiger partial charge in [0.25, 0.3) is 5.91 Å². The average molecular weight is 378 g/mol. The van der Waals surface area contributed by atoms with Gasteiger partial charge in [-0.3, -0.25) is 4.79 Å². The van der Waals surface area contributed by atoms with Crippen LogP contribution in [0.4, 0.5) is 0 Å². The number of oxazole rings is 1. The van der Waals surface area contributed by atoms with Crippen molar-refractivity contribution in [2.45, 2.75) is 32.9 Å². The van der Waals surface area contributed by atoms with Gasteiger partial charge >= 0.3 is 5.97 Å². The molecule has 1 atom stereocenters. The van der Waals surface area contributed by atoms with Crippen LogP contribution in [0, 0.1) is 0 Å². The summed E-state index contributed by atoms with van der Waals surface area (Å²) in [5.41, 5.74) is 1.68. The van der Waals surface area contributed by atoms with Gasteiger partial charge in [0, 0.05) is 11.6 Å². The van der Waals surface area contributed by atoms with E-state index in [1.54, 1.807) is 30.5 Å². The maximum Gasteiger partial charge on any atom is 0.339 e. The largest absolute Gasteiger partial charge is 0.449 e. The van der Waals surface area contributed by atoms with Gasteiger partial charge < -0.3 is 14.5 Å². The molecule has 0 radical (unpaired) electrons. The fraction of sp³-hybridized carbons (Fsp3) is 0.227. The molecule has 3 rings (SSSR count). The van der Waals surface area contributed by atoms with Crippen LogP contribution in [0.3, 0.4) is 0 Å². The van der Waals surface area contributed by atoms with Crippen molar-refractivity contribution >= 4 is 11.9 Å². The molecule has 3 aromatic rings. The first-order valence-corrected chi connectivity index (χ1v) is 9.07. The highest BCUT2D eigenvalue weighted by Crippen LogP contribution is 2.28. The van der Waals surface area contributed by atoms with E-state index in [-0.39, 0.29) is 17.5 Å². The normalized spacial score (nSPS) is 11.9. The highest BCUT2D eigenvalue weighted by molar-refractivity contribution is 5.97. The standard InChI is InChI=1S/C22H22N2O4/c1-14(2)24-20(25)15(3)27-22(26)18-12-8-7-11-17(18)21-23-13-19(28-21)16-9-5-4-6-10-16/h4-15H,1-3H3,(H,24,25)/t15-/m1/s1. The maximum atomic E-state index is 12.6. The van der Waals surface area contributed by atoms with E-state index in [4.69, 9.17) is 9.15 Å². The summed E-state index contributed by atoms with van der Waals surface area (Å²) in [5.74, 6) is -0.0427. The minimum atomic E-state index is -0.910. The van der Waals surface area contributed by atoms with Crippen LogP contribution in [0.2, 0.25) is 0 Å². The predicted octanol–water partition coefficient (Wildman–Crippen LogP) is 4.08. The Balaban J connectivity index is 1.83. The molecule has 0 fully saturated rings. The Kier molecular flexibility index (Phi) is 5.89. The summed E-state index contributed by atoms with van der Waals surface area (Å²) in [5, 5.41) is 2.72. The molecule has 2 aromatic carbocycles. The number of nitrogens with zero attached hydrogens (tertiary/aromatic N) is 1. The van der Waals surface area contributed by atoms with E-state index >= 15 is 0 Å². The van der Waals surface area contributed by atoms with Gasteiger partial charge in [0.1, 0.15) is 0 Å². The number of carbonyl (C=O) groups excluding carboxylic acids is 2. The van der Waals surface area contributed by atoms with Gasteiger partial charge in [-0.15, -0.1) is 0 Å². The number of carbonyl (C=O) groups is 2. The third-order valence-corrected chi connectivity index (χ3v) is 4.03. The summed E-state index contributed by atoms with van der Waals surface area (Å²) in [6.07, 6.45) is 0.707. The van der Waals surface area contributed by atoms with Crippen molar-refractivity contribution in [3.8, 4) is 22.8 Å². The molecule has 1 heterocycles. The van der Waals surface area contributed by atoms with E-state index < -0.39 is 12.1 Å². The molecule has 0 saturated carbocycles. The molecule has 0 unspecified atom stereocenters. The van der Waals surface area contributed by atoms with Crippen LogP contribution < -0.4 is 5.32 Å². The summed E-state index contributed by atoms with van der Waals surface area (Å²) >= 11 is 0. The van der Waals surface area contributed by atoms with Gasteiger partial charge in [0.2, 0.25) is 5.89 Å². The number of hydrogen-bond acceptors (Lipinski definition) is 5. The van der Waals surface area contributed by atoms with Crippen molar-refractivity contribution in [2.24, 2.45) is 0 Å². The lowest BCUT2D eigenvalue weighted by atomic mass is 10.1. The lowest BCUT2D eigenvalue weighted by molar-refractivity contribution is -0.129. The van der Waals surface area contributed by atoms with Gasteiger partial charge in [0.05, 0.1) is 17.3 Å². The number of aromatic nitrogens is 1. The summed E-state index contributed by atoms with van der Waals surface area (Å²) < 4.78 is 11.2. The lowest BCUT2D eigenvalue weighted by Gasteiger charge is -2.16. The van der Waals surface area contributed by atoms with Gasteiger partial charge in [-0.2, -0.15) is 0 Å². The zero-order valence-corrected chi connectivity index (χ0v) is 16.0. The van der Waals surface area contributed by atoms with Crippen molar-refractivity contribution in [3.05, 3.63) is 66.4 Å². The van der Waals surface area contributed by atoms with E-state index in [0.29, 0.717) is 17.2 Å². The molecule has 6 nitrogen and oxygen atoms in total. The minimum Gasteiger partial charge on any atom is -0.449 e. The highest BCUT2D eigenvalue weighted by atomic mass is 16.5. The first-order chi connectivity index (χ1) is 13.5. The van der Waals surface area contributed by atoms with E-state index in [0.717, 1.165) is 5.56 Å². The maximum absolute atomic E-state index is 12.6. The second kappa shape index (κ2) is 8.52. The Morgan fingerprint density at radius 3 is 2.39 bits per heavy atom. The van der Waals surface area contributed by atoms with Crippen LogP contribution in [0.15, 0.2) is 65.2 Å². The number of hydrogen-bond donors (Lipinski definition) is 1. The van der Waals surface area contributed by atoms with Crippen molar-refractivity contribution in [2.75, 3.05) is 0 Å². The van der Waals surface area contributed by atoms with E-state index in [2.05, 4.69) is 10.3 Å². The number of ether oxygens (including phenoxy) is 1. The first kappa shape index (κ1) is 19.4. The summed E-state index contributed by atoms with van der Waals surface area (Å²) in [6, 6.07) is 16.4. The van der Waals surface area contributed by atoms with Gasteiger partial charge in [-0.05, 0) is 32.9 Å².